The van der Waals surface area contributed by atoms with Gasteiger partial charge in [-0.1, -0.05) is 6.07 Å². The van der Waals surface area contributed by atoms with E-state index in [1.165, 1.54) is 18.3 Å². The normalized spacial score (nSPS) is 20.3. The maximum absolute atomic E-state index is 12.3. The molecule has 0 unspecified atom stereocenters. The number of ether oxygens (including phenoxy) is 2. The lowest BCUT2D eigenvalue weighted by Gasteiger charge is -2.32. The molecule has 1 aliphatic heterocycles. The second kappa shape index (κ2) is 7.16. The van der Waals surface area contributed by atoms with Gasteiger partial charge in [-0.3, -0.25) is 19.9 Å². The number of non-ortho nitro benzene ring substituents is 1. The number of carbonyl (C=O) groups excluding carboxylic acids is 1. The van der Waals surface area contributed by atoms with E-state index in [4.69, 9.17) is 9.47 Å². The molecular weight excluding hydrogens is 314 g/mol. The van der Waals surface area contributed by atoms with Crippen LogP contribution in [0.15, 0.2) is 48.7 Å². The molecule has 2 heterocycles. The lowest BCUT2D eigenvalue weighted by molar-refractivity contribution is -0.384. The van der Waals surface area contributed by atoms with Gasteiger partial charge in [0.2, 0.25) is 0 Å². The first-order valence-corrected chi connectivity index (χ1v) is 7.31. The molecule has 8 heteroatoms. The zero-order chi connectivity index (χ0) is 16.9. The van der Waals surface area contributed by atoms with Crippen LogP contribution in [0.4, 0.5) is 5.69 Å². The SMILES string of the molecule is O=C(N[C@H]1COCO[C@H]1c1ccc([N+](=O)[O-])cc1)c1ccccn1. The summed E-state index contributed by atoms with van der Waals surface area (Å²) in [4.78, 5) is 26.5. The van der Waals surface area contributed by atoms with Crippen molar-refractivity contribution in [2.24, 2.45) is 0 Å². The molecule has 2 atom stereocenters. The topological polar surface area (TPSA) is 104 Å². The smallest absolute Gasteiger partial charge is 0.270 e. The second-order valence-corrected chi connectivity index (χ2v) is 5.22. The zero-order valence-electron chi connectivity index (χ0n) is 12.6. The van der Waals surface area contributed by atoms with Crippen molar-refractivity contribution in [2.45, 2.75) is 12.1 Å². The van der Waals surface area contributed by atoms with Crippen LogP contribution in [-0.4, -0.2) is 35.3 Å². The van der Waals surface area contributed by atoms with Gasteiger partial charge in [-0.15, -0.1) is 0 Å². The van der Waals surface area contributed by atoms with Crippen molar-refractivity contribution < 1.29 is 19.2 Å². The molecule has 1 fully saturated rings. The number of nitro groups is 1. The third kappa shape index (κ3) is 3.55. The summed E-state index contributed by atoms with van der Waals surface area (Å²) < 4.78 is 10.9. The number of hydrogen-bond donors (Lipinski definition) is 1. The standard InChI is InChI=1S/C16H15N3O5/c20-16(13-3-1-2-8-17-13)18-14-9-23-10-24-15(14)11-4-6-12(7-5-11)19(21)22/h1-8,14-15H,9-10H2,(H,18,20)/t14-,15-/m0/s1. The van der Waals surface area contributed by atoms with Crippen molar-refractivity contribution >= 4 is 11.6 Å². The van der Waals surface area contributed by atoms with Gasteiger partial charge in [0.05, 0.1) is 17.6 Å². The van der Waals surface area contributed by atoms with Crippen LogP contribution in [0.5, 0.6) is 0 Å². The lowest BCUT2D eigenvalue weighted by atomic mass is 10.0. The highest BCUT2D eigenvalue weighted by atomic mass is 16.7. The van der Waals surface area contributed by atoms with Gasteiger partial charge < -0.3 is 14.8 Å². The van der Waals surface area contributed by atoms with Gasteiger partial charge in [0.25, 0.3) is 11.6 Å². The first-order valence-electron chi connectivity index (χ1n) is 7.31. The van der Waals surface area contributed by atoms with E-state index in [9.17, 15) is 14.9 Å². The summed E-state index contributed by atoms with van der Waals surface area (Å²) in [5, 5.41) is 13.6. The van der Waals surface area contributed by atoms with Crippen LogP contribution >= 0.6 is 0 Å². The van der Waals surface area contributed by atoms with Crippen LogP contribution in [0.25, 0.3) is 0 Å². The third-order valence-corrected chi connectivity index (χ3v) is 3.64. The molecule has 24 heavy (non-hydrogen) atoms. The van der Waals surface area contributed by atoms with Crippen molar-refractivity contribution in [1.82, 2.24) is 10.3 Å². The minimum absolute atomic E-state index is 0.000111. The number of benzene rings is 1. The number of pyridine rings is 1. The van der Waals surface area contributed by atoms with Gasteiger partial charge >= 0.3 is 0 Å². The van der Waals surface area contributed by atoms with E-state index in [0.717, 1.165) is 5.56 Å². The van der Waals surface area contributed by atoms with Crippen molar-refractivity contribution in [3.8, 4) is 0 Å². The van der Waals surface area contributed by atoms with E-state index in [2.05, 4.69) is 10.3 Å². The Kier molecular flexibility index (Phi) is 4.78. The number of hydrogen-bond acceptors (Lipinski definition) is 6. The first kappa shape index (κ1) is 16.0. The predicted molar refractivity (Wildman–Crippen MR) is 83.2 cm³/mol. The Morgan fingerprint density at radius 3 is 2.71 bits per heavy atom. The van der Waals surface area contributed by atoms with Crippen LogP contribution in [0.3, 0.4) is 0 Å². The van der Waals surface area contributed by atoms with Gasteiger partial charge in [0.15, 0.2) is 0 Å². The second-order valence-electron chi connectivity index (χ2n) is 5.22. The van der Waals surface area contributed by atoms with Gasteiger partial charge in [-0.2, -0.15) is 0 Å². The van der Waals surface area contributed by atoms with Crippen molar-refractivity contribution in [3.05, 3.63) is 70.0 Å². The molecule has 124 valence electrons. The number of aromatic nitrogens is 1. The summed E-state index contributed by atoms with van der Waals surface area (Å²) in [6.45, 7) is 0.373. The van der Waals surface area contributed by atoms with E-state index >= 15 is 0 Å². The quantitative estimate of drug-likeness (QED) is 0.678. The summed E-state index contributed by atoms with van der Waals surface area (Å²) in [6, 6.07) is 10.7. The predicted octanol–water partition coefficient (Wildman–Crippen LogP) is 1.83. The summed E-state index contributed by atoms with van der Waals surface area (Å²) in [7, 11) is 0. The first-order chi connectivity index (χ1) is 11.6. The fourth-order valence-corrected chi connectivity index (χ4v) is 2.47. The van der Waals surface area contributed by atoms with E-state index in [1.807, 2.05) is 0 Å². The molecule has 0 aliphatic carbocycles. The highest BCUT2D eigenvalue weighted by Gasteiger charge is 2.30. The van der Waals surface area contributed by atoms with Crippen molar-refractivity contribution in [2.75, 3.05) is 13.4 Å². The van der Waals surface area contributed by atoms with Gasteiger partial charge in [0.1, 0.15) is 18.6 Å². The molecule has 8 nitrogen and oxygen atoms in total. The molecule has 0 radical (unpaired) electrons. The molecule has 1 aromatic heterocycles. The third-order valence-electron chi connectivity index (χ3n) is 3.64. The largest absolute Gasteiger partial charge is 0.353 e. The Labute approximate surface area is 137 Å². The maximum Gasteiger partial charge on any atom is 0.270 e. The highest BCUT2D eigenvalue weighted by molar-refractivity contribution is 5.92. The highest BCUT2D eigenvalue weighted by Crippen LogP contribution is 2.26. The summed E-state index contributed by atoms with van der Waals surface area (Å²) in [6.07, 6.45) is 1.09. The number of carbonyl (C=O) groups is 1. The van der Waals surface area contributed by atoms with Crippen LogP contribution < -0.4 is 5.32 Å². The summed E-state index contributed by atoms with van der Waals surface area (Å²) >= 11 is 0. The number of amides is 1. The molecule has 1 amide bonds. The molecule has 1 N–H and O–H groups in total. The van der Waals surface area contributed by atoms with E-state index < -0.39 is 17.1 Å². The lowest BCUT2D eigenvalue weighted by Crippen LogP contribution is -2.46. The summed E-state index contributed by atoms with van der Waals surface area (Å²) in [5.74, 6) is -0.332. The number of rotatable bonds is 4. The van der Waals surface area contributed by atoms with Gasteiger partial charge in [-0.05, 0) is 29.8 Å². The average Bonchev–Trinajstić information content (AvgIpc) is 2.63. The minimum Gasteiger partial charge on any atom is -0.353 e. The van der Waals surface area contributed by atoms with Gasteiger partial charge in [-0.25, -0.2) is 0 Å². The van der Waals surface area contributed by atoms with Crippen LogP contribution in [0.2, 0.25) is 0 Å². The Morgan fingerprint density at radius 1 is 1.25 bits per heavy atom. The number of nitro benzene ring substituents is 1. The van der Waals surface area contributed by atoms with E-state index in [0.29, 0.717) is 5.69 Å². The Bertz CT molecular complexity index is 720. The number of nitrogens with zero attached hydrogens (tertiary/aromatic N) is 2. The van der Waals surface area contributed by atoms with Crippen molar-refractivity contribution in [3.63, 3.8) is 0 Å². The van der Waals surface area contributed by atoms with Crippen LogP contribution in [0.1, 0.15) is 22.2 Å². The molecule has 1 saturated heterocycles. The molecule has 1 aliphatic rings. The molecule has 0 spiro atoms. The van der Waals surface area contributed by atoms with E-state index in [1.54, 1.807) is 30.3 Å². The Balaban J connectivity index is 1.76. The average molecular weight is 329 g/mol. The number of nitrogens with one attached hydrogen (secondary N) is 1. The minimum atomic E-state index is -0.463. The zero-order valence-corrected chi connectivity index (χ0v) is 12.6. The monoisotopic (exact) mass is 329 g/mol. The Hall–Kier alpha value is -2.84. The molecule has 3 rings (SSSR count). The fourth-order valence-electron chi connectivity index (χ4n) is 2.47. The molecule has 2 aromatic rings. The van der Waals surface area contributed by atoms with Crippen molar-refractivity contribution in [1.29, 1.82) is 0 Å². The Morgan fingerprint density at radius 2 is 2.04 bits per heavy atom. The maximum atomic E-state index is 12.3. The van der Waals surface area contributed by atoms with Gasteiger partial charge in [0, 0.05) is 18.3 Å². The molecule has 0 bridgehead atoms. The van der Waals surface area contributed by atoms with E-state index in [-0.39, 0.29) is 25.0 Å². The van der Waals surface area contributed by atoms with Crippen LogP contribution in [-0.2, 0) is 9.47 Å². The molecule has 1 aromatic carbocycles. The molecule has 0 saturated carbocycles. The fraction of sp³-hybridized carbons (Fsp3) is 0.250. The molecular formula is C16H15N3O5. The summed E-state index contributed by atoms with van der Waals surface area (Å²) in [5.41, 5.74) is 1.03. The van der Waals surface area contributed by atoms with Crippen LogP contribution in [0, 0.1) is 10.1 Å².